The largest absolute Gasteiger partial charge is 0.466 e. The van der Waals surface area contributed by atoms with Gasteiger partial charge in [0.05, 0.1) is 12.5 Å². The number of hydrogen-bond donors (Lipinski definition) is 0. The Hall–Kier alpha value is -2.04. The molecule has 2 rings (SSSR count). The van der Waals surface area contributed by atoms with Gasteiger partial charge in [-0.1, -0.05) is 30.3 Å². The zero-order valence-corrected chi connectivity index (χ0v) is 11.6. The van der Waals surface area contributed by atoms with E-state index < -0.39 is 0 Å². The lowest BCUT2D eigenvalue weighted by atomic mass is 10.1. The first kappa shape index (κ1) is 14.4. The Morgan fingerprint density at radius 3 is 2.70 bits per heavy atom. The van der Waals surface area contributed by atoms with Gasteiger partial charge < -0.3 is 14.4 Å². The maximum Gasteiger partial charge on any atom is 0.410 e. The number of amides is 1. The minimum Gasteiger partial charge on any atom is -0.466 e. The van der Waals surface area contributed by atoms with Crippen molar-refractivity contribution in [2.45, 2.75) is 20.0 Å². The Morgan fingerprint density at radius 2 is 2.00 bits per heavy atom. The van der Waals surface area contributed by atoms with Gasteiger partial charge in [-0.05, 0) is 18.9 Å². The Bertz CT molecular complexity index is 460. The summed E-state index contributed by atoms with van der Waals surface area (Å²) < 4.78 is 10.2. The summed E-state index contributed by atoms with van der Waals surface area (Å²) in [5.41, 5.74) is 0.946. The Labute approximate surface area is 118 Å². The number of carbonyl (C=O) groups is 2. The molecule has 0 radical (unpaired) electrons. The first-order valence-electron chi connectivity index (χ1n) is 6.83. The second-order valence-corrected chi connectivity index (χ2v) is 4.72. The summed E-state index contributed by atoms with van der Waals surface area (Å²) in [6, 6.07) is 9.51. The fourth-order valence-electron chi connectivity index (χ4n) is 2.19. The zero-order valence-electron chi connectivity index (χ0n) is 11.6. The lowest BCUT2D eigenvalue weighted by molar-refractivity contribution is -0.147. The van der Waals surface area contributed by atoms with E-state index in [-0.39, 0.29) is 24.6 Å². The molecular weight excluding hydrogens is 258 g/mol. The second kappa shape index (κ2) is 6.93. The Balaban J connectivity index is 1.78. The van der Waals surface area contributed by atoms with Crippen molar-refractivity contribution in [3.8, 4) is 0 Å². The molecule has 0 unspecified atom stereocenters. The van der Waals surface area contributed by atoms with Crippen LogP contribution in [0.1, 0.15) is 18.9 Å². The number of carbonyl (C=O) groups excluding carboxylic acids is 2. The van der Waals surface area contributed by atoms with Crippen LogP contribution in [0, 0.1) is 5.92 Å². The summed E-state index contributed by atoms with van der Waals surface area (Å²) >= 11 is 0. The highest BCUT2D eigenvalue weighted by molar-refractivity contribution is 5.75. The fourth-order valence-corrected chi connectivity index (χ4v) is 2.19. The highest BCUT2D eigenvalue weighted by Crippen LogP contribution is 2.18. The fraction of sp³-hybridized carbons (Fsp3) is 0.467. The molecule has 1 aliphatic rings. The molecule has 1 fully saturated rings. The van der Waals surface area contributed by atoms with E-state index >= 15 is 0 Å². The molecule has 0 bridgehead atoms. The number of esters is 1. The number of rotatable bonds is 4. The van der Waals surface area contributed by atoms with Gasteiger partial charge in [0.2, 0.25) is 0 Å². The van der Waals surface area contributed by atoms with Gasteiger partial charge >= 0.3 is 12.1 Å². The zero-order chi connectivity index (χ0) is 14.4. The maximum atomic E-state index is 11.9. The van der Waals surface area contributed by atoms with Crippen molar-refractivity contribution in [1.82, 2.24) is 4.90 Å². The molecule has 0 spiro atoms. The molecule has 0 saturated carbocycles. The molecule has 1 aromatic rings. The van der Waals surface area contributed by atoms with Gasteiger partial charge in [0.1, 0.15) is 6.61 Å². The van der Waals surface area contributed by atoms with E-state index in [1.165, 1.54) is 0 Å². The third-order valence-electron chi connectivity index (χ3n) is 3.27. The van der Waals surface area contributed by atoms with E-state index in [4.69, 9.17) is 9.47 Å². The average molecular weight is 277 g/mol. The molecule has 5 nitrogen and oxygen atoms in total. The molecule has 108 valence electrons. The van der Waals surface area contributed by atoms with Crippen LogP contribution < -0.4 is 0 Å². The van der Waals surface area contributed by atoms with Gasteiger partial charge in [0, 0.05) is 13.1 Å². The average Bonchev–Trinajstić information content (AvgIpc) is 2.96. The van der Waals surface area contributed by atoms with Crippen LogP contribution in [-0.2, 0) is 20.9 Å². The molecule has 0 aromatic heterocycles. The molecule has 0 N–H and O–H groups in total. The van der Waals surface area contributed by atoms with Gasteiger partial charge in [0.25, 0.3) is 0 Å². The summed E-state index contributed by atoms with van der Waals surface area (Å²) in [6.45, 7) is 3.32. The van der Waals surface area contributed by atoms with Gasteiger partial charge in [-0.2, -0.15) is 0 Å². The minimum atomic E-state index is -0.374. The van der Waals surface area contributed by atoms with Crippen LogP contribution in [0.25, 0.3) is 0 Å². The first-order valence-corrected chi connectivity index (χ1v) is 6.83. The normalized spacial score (nSPS) is 17.9. The third kappa shape index (κ3) is 3.73. The summed E-state index contributed by atoms with van der Waals surface area (Å²) in [5, 5.41) is 0. The van der Waals surface area contributed by atoms with Crippen molar-refractivity contribution in [2.75, 3.05) is 19.7 Å². The quantitative estimate of drug-likeness (QED) is 0.792. The van der Waals surface area contributed by atoms with Crippen LogP contribution >= 0.6 is 0 Å². The van der Waals surface area contributed by atoms with Crippen molar-refractivity contribution in [1.29, 1.82) is 0 Å². The van der Waals surface area contributed by atoms with E-state index in [1.807, 2.05) is 30.3 Å². The van der Waals surface area contributed by atoms with Gasteiger partial charge in [-0.15, -0.1) is 0 Å². The van der Waals surface area contributed by atoms with Gasteiger partial charge in [0.15, 0.2) is 0 Å². The maximum absolute atomic E-state index is 11.9. The molecule has 20 heavy (non-hydrogen) atoms. The third-order valence-corrected chi connectivity index (χ3v) is 3.27. The van der Waals surface area contributed by atoms with Crippen molar-refractivity contribution in [2.24, 2.45) is 5.92 Å². The van der Waals surface area contributed by atoms with E-state index in [0.717, 1.165) is 5.56 Å². The van der Waals surface area contributed by atoms with Crippen LogP contribution in [0.4, 0.5) is 4.79 Å². The molecule has 1 aliphatic heterocycles. The molecule has 1 atom stereocenters. The van der Waals surface area contributed by atoms with Crippen LogP contribution in [-0.4, -0.2) is 36.7 Å². The summed E-state index contributed by atoms with van der Waals surface area (Å²) in [7, 11) is 0. The molecular formula is C15H19NO4. The number of ether oxygens (including phenoxy) is 2. The second-order valence-electron chi connectivity index (χ2n) is 4.72. The van der Waals surface area contributed by atoms with E-state index in [2.05, 4.69) is 0 Å². The SMILES string of the molecule is CCOC(=O)[C@@H]1CCN(C(=O)OCc2ccccc2)C1. The molecule has 1 amide bonds. The topological polar surface area (TPSA) is 55.8 Å². The Morgan fingerprint density at radius 1 is 1.25 bits per heavy atom. The monoisotopic (exact) mass is 277 g/mol. The first-order chi connectivity index (χ1) is 9.70. The van der Waals surface area contributed by atoms with Gasteiger partial charge in [-0.3, -0.25) is 4.79 Å². The Kier molecular flexibility index (Phi) is 4.98. The van der Waals surface area contributed by atoms with Crippen LogP contribution in [0.2, 0.25) is 0 Å². The standard InChI is InChI=1S/C15H19NO4/c1-2-19-14(17)13-8-9-16(10-13)15(18)20-11-12-6-4-3-5-7-12/h3-7,13H,2,8-11H2,1H3/t13-/m1/s1. The molecule has 0 aliphatic carbocycles. The highest BCUT2D eigenvalue weighted by atomic mass is 16.6. The van der Waals surface area contributed by atoms with Crippen LogP contribution in [0.15, 0.2) is 30.3 Å². The predicted molar refractivity (Wildman–Crippen MR) is 72.9 cm³/mol. The molecule has 1 aromatic carbocycles. The minimum absolute atomic E-state index is 0.223. The van der Waals surface area contributed by atoms with E-state index in [0.29, 0.717) is 26.1 Å². The van der Waals surface area contributed by atoms with Crippen molar-refractivity contribution < 1.29 is 19.1 Å². The lowest BCUT2D eigenvalue weighted by Crippen LogP contribution is -2.30. The van der Waals surface area contributed by atoms with E-state index in [1.54, 1.807) is 11.8 Å². The smallest absolute Gasteiger partial charge is 0.410 e. The molecule has 1 saturated heterocycles. The lowest BCUT2D eigenvalue weighted by Gasteiger charge is -2.16. The number of benzene rings is 1. The summed E-state index contributed by atoms with van der Waals surface area (Å²) in [4.78, 5) is 25.0. The predicted octanol–water partition coefficient (Wildman–Crippen LogP) is 2.21. The molecule has 5 heteroatoms. The van der Waals surface area contributed by atoms with Gasteiger partial charge in [-0.25, -0.2) is 4.79 Å². The van der Waals surface area contributed by atoms with E-state index in [9.17, 15) is 9.59 Å². The number of hydrogen-bond acceptors (Lipinski definition) is 4. The number of nitrogens with zero attached hydrogens (tertiary/aromatic N) is 1. The summed E-state index contributed by atoms with van der Waals surface area (Å²) in [6.07, 6.45) is 0.264. The number of likely N-dealkylation sites (tertiary alicyclic amines) is 1. The highest BCUT2D eigenvalue weighted by Gasteiger charge is 2.32. The molecule has 1 heterocycles. The van der Waals surface area contributed by atoms with Crippen LogP contribution in [0.5, 0.6) is 0 Å². The van der Waals surface area contributed by atoms with Crippen molar-refractivity contribution in [3.63, 3.8) is 0 Å². The van der Waals surface area contributed by atoms with Crippen molar-refractivity contribution >= 4 is 12.1 Å². The van der Waals surface area contributed by atoms with Crippen molar-refractivity contribution in [3.05, 3.63) is 35.9 Å². The van der Waals surface area contributed by atoms with Crippen LogP contribution in [0.3, 0.4) is 0 Å². The summed E-state index contributed by atoms with van der Waals surface area (Å²) in [5.74, 6) is -0.454.